The van der Waals surface area contributed by atoms with Crippen LogP contribution in [0.15, 0.2) is 30.6 Å². The minimum absolute atomic E-state index is 0.0885. The lowest BCUT2D eigenvalue weighted by molar-refractivity contribution is -0.152. The Bertz CT molecular complexity index is 2020. The Morgan fingerprint density at radius 3 is 2.27 bits per heavy atom. The maximum Gasteiger partial charge on any atom is 0.330 e. The van der Waals surface area contributed by atoms with Gasteiger partial charge in [-0.05, 0) is 106 Å². The number of nitrogens with zero attached hydrogens (tertiary/aromatic N) is 4. The van der Waals surface area contributed by atoms with Crippen LogP contribution in [0.4, 0.5) is 26.3 Å². The van der Waals surface area contributed by atoms with Gasteiger partial charge in [0.15, 0.2) is 5.82 Å². The molecule has 2 aromatic heterocycles. The van der Waals surface area contributed by atoms with Gasteiger partial charge in [-0.25, -0.2) is 32.3 Å². The van der Waals surface area contributed by atoms with E-state index in [2.05, 4.69) is 15.3 Å². The third-order valence-corrected chi connectivity index (χ3v) is 14.2. The maximum atomic E-state index is 15.5. The van der Waals surface area contributed by atoms with E-state index >= 15 is 8.78 Å². The number of carboxylic acid groups (broad SMARTS) is 1. The van der Waals surface area contributed by atoms with Crippen molar-refractivity contribution in [2.45, 2.75) is 132 Å². The monoisotopic (exact) mass is 787 g/mol. The summed E-state index contributed by atoms with van der Waals surface area (Å²) in [7, 11) is 0. The van der Waals surface area contributed by atoms with E-state index in [-0.39, 0.29) is 74.6 Å². The SMILES string of the molecule is CC(F)(F)c1nc(-c2cn(C3CCC(F)(F)CC3)c3cc(O[C@H]4CC[C@@H](N5CC(F)(F)C5)CC4)ccc23)ncc1C(=O)NC1(C(=O)O)C2CCC3CC1CC3C2. The quantitative estimate of drug-likeness (QED) is 0.209. The van der Waals surface area contributed by atoms with Crippen LogP contribution >= 0.6 is 0 Å². The van der Waals surface area contributed by atoms with E-state index in [9.17, 15) is 32.3 Å². The van der Waals surface area contributed by atoms with Gasteiger partial charge in [-0.15, -0.1) is 0 Å². The second-order valence-electron chi connectivity index (χ2n) is 17.7. The first-order valence-electron chi connectivity index (χ1n) is 20.1. The first kappa shape index (κ1) is 37.7. The van der Waals surface area contributed by atoms with Crippen molar-refractivity contribution in [3.8, 4) is 17.1 Å². The van der Waals surface area contributed by atoms with Gasteiger partial charge in [-0.3, -0.25) is 9.69 Å². The molecular formula is C41H47F6N5O4. The smallest absolute Gasteiger partial charge is 0.330 e. The van der Waals surface area contributed by atoms with Crippen molar-refractivity contribution in [1.82, 2.24) is 24.8 Å². The van der Waals surface area contributed by atoms with E-state index < -0.39 is 46.4 Å². The summed E-state index contributed by atoms with van der Waals surface area (Å²) in [5.41, 5.74) is -1.89. The van der Waals surface area contributed by atoms with Crippen LogP contribution in [0.5, 0.6) is 5.75 Å². The van der Waals surface area contributed by atoms with Crippen molar-refractivity contribution >= 4 is 22.8 Å². The second-order valence-corrected chi connectivity index (χ2v) is 17.7. The first-order chi connectivity index (χ1) is 26.5. The number of amides is 1. The topological polar surface area (TPSA) is 110 Å². The Morgan fingerprint density at radius 2 is 1.59 bits per heavy atom. The van der Waals surface area contributed by atoms with E-state index in [1.807, 2.05) is 15.5 Å². The maximum absolute atomic E-state index is 15.5. The van der Waals surface area contributed by atoms with Crippen LogP contribution in [0, 0.1) is 23.7 Å². The Morgan fingerprint density at radius 1 is 0.893 bits per heavy atom. The van der Waals surface area contributed by atoms with Gasteiger partial charge in [-0.2, -0.15) is 8.78 Å². The molecule has 5 unspecified atom stereocenters. The molecule has 0 radical (unpaired) electrons. The molecule has 6 fully saturated rings. The van der Waals surface area contributed by atoms with Crippen LogP contribution in [-0.4, -0.2) is 79.0 Å². The predicted octanol–water partition coefficient (Wildman–Crippen LogP) is 8.61. The summed E-state index contributed by atoms with van der Waals surface area (Å²) in [6.45, 7) is 0.209. The van der Waals surface area contributed by atoms with Crippen molar-refractivity contribution in [2.75, 3.05) is 13.1 Å². The Balaban J connectivity index is 1.02. The lowest BCUT2D eigenvalue weighted by Gasteiger charge is -2.47. The van der Waals surface area contributed by atoms with Gasteiger partial charge in [0.05, 0.1) is 30.3 Å². The number of ether oxygens (including phenoxy) is 1. The molecule has 5 aliphatic carbocycles. The third kappa shape index (κ3) is 6.53. The number of likely N-dealkylation sites (tertiary alicyclic amines) is 1. The van der Waals surface area contributed by atoms with E-state index in [1.54, 1.807) is 18.3 Å². The Kier molecular flexibility index (Phi) is 8.98. The molecule has 1 saturated heterocycles. The number of alkyl halides is 6. The fourth-order valence-corrected chi connectivity index (χ4v) is 11.4. The number of hydrogen-bond donors (Lipinski definition) is 2. The summed E-state index contributed by atoms with van der Waals surface area (Å²) in [5, 5.41) is 13.9. The summed E-state index contributed by atoms with van der Waals surface area (Å²) >= 11 is 0. The number of carbonyl (C=O) groups excluding carboxylic acids is 1. The molecule has 0 spiro atoms. The predicted molar refractivity (Wildman–Crippen MR) is 193 cm³/mol. The van der Waals surface area contributed by atoms with E-state index in [4.69, 9.17) is 4.74 Å². The highest BCUT2D eigenvalue weighted by atomic mass is 19.3. The normalized spacial score (nSPS) is 32.6. The van der Waals surface area contributed by atoms with Crippen LogP contribution in [0.1, 0.15) is 112 Å². The number of benzene rings is 1. The Hall–Kier alpha value is -3.88. The van der Waals surface area contributed by atoms with E-state index in [1.165, 1.54) is 0 Å². The van der Waals surface area contributed by atoms with E-state index in [0.717, 1.165) is 25.5 Å². The lowest BCUT2D eigenvalue weighted by Crippen LogP contribution is -2.65. The summed E-state index contributed by atoms with van der Waals surface area (Å²) in [5.74, 6) is -10.4. The molecule has 1 aromatic carbocycles. The number of carboxylic acids is 1. The molecule has 5 saturated carbocycles. The highest BCUT2D eigenvalue weighted by molar-refractivity contribution is 6.00. The van der Waals surface area contributed by atoms with Crippen LogP contribution in [0.2, 0.25) is 0 Å². The fourth-order valence-electron chi connectivity index (χ4n) is 11.4. The highest BCUT2D eigenvalue weighted by Crippen LogP contribution is 2.59. The van der Waals surface area contributed by atoms with Crippen molar-refractivity contribution in [1.29, 1.82) is 0 Å². The van der Waals surface area contributed by atoms with Gasteiger partial charge in [0.1, 0.15) is 17.0 Å². The molecule has 56 heavy (non-hydrogen) atoms. The minimum atomic E-state index is -3.60. The number of carbonyl (C=O) groups is 2. The summed E-state index contributed by atoms with van der Waals surface area (Å²) in [6, 6.07) is 5.09. The van der Waals surface area contributed by atoms with Gasteiger partial charge in [-0.1, -0.05) is 0 Å². The van der Waals surface area contributed by atoms with E-state index in [0.29, 0.717) is 79.5 Å². The van der Waals surface area contributed by atoms with Gasteiger partial charge in [0.25, 0.3) is 17.8 Å². The van der Waals surface area contributed by atoms with Gasteiger partial charge < -0.3 is 19.7 Å². The highest BCUT2D eigenvalue weighted by Gasteiger charge is 2.63. The number of halogens is 6. The zero-order valence-corrected chi connectivity index (χ0v) is 31.3. The largest absolute Gasteiger partial charge is 0.490 e. The third-order valence-electron chi connectivity index (χ3n) is 14.2. The summed E-state index contributed by atoms with van der Waals surface area (Å²) < 4.78 is 94.7. The zero-order valence-electron chi connectivity index (χ0n) is 31.3. The molecule has 3 heterocycles. The van der Waals surface area contributed by atoms with Crippen molar-refractivity contribution in [3.63, 3.8) is 0 Å². The summed E-state index contributed by atoms with van der Waals surface area (Å²) in [4.78, 5) is 37.5. The zero-order chi connectivity index (χ0) is 39.4. The standard InChI is InChI=1S/C41H47F6N5O4/c1-38(42,43)34-31(36(53)50-41(37(54)55)24-3-2-22-14-25(41)16-23(22)15-24)18-48-35(49-34)32-19-52(27-10-12-39(44,45)13-11-27)33-17-29(8-9-30(32)33)56-28-6-4-26(5-7-28)51-20-40(46,47)21-51/h8-9,17-19,22-28H,2-7,10-16,20-21H2,1H3,(H,50,53)(H,54,55)/t22?,23?,24?,25?,26-,28+,41?. The molecule has 3 aromatic rings. The van der Waals surface area contributed by atoms with Crippen LogP contribution in [0.3, 0.4) is 0 Å². The lowest BCUT2D eigenvalue weighted by atomic mass is 9.62. The number of nitrogens with one attached hydrogen (secondary N) is 1. The number of fused-ring (bicyclic) bond motifs is 3. The average molecular weight is 788 g/mol. The van der Waals surface area contributed by atoms with Gasteiger partial charge >= 0.3 is 5.97 Å². The fraction of sp³-hybridized carbons (Fsp3) is 0.659. The molecule has 1 aliphatic heterocycles. The van der Waals surface area contributed by atoms with Crippen molar-refractivity contribution in [2.24, 2.45) is 23.7 Å². The molecule has 302 valence electrons. The molecule has 1 amide bonds. The van der Waals surface area contributed by atoms with Crippen LogP contribution < -0.4 is 10.1 Å². The molecule has 6 aliphatic rings. The van der Waals surface area contributed by atoms with Crippen LogP contribution in [-0.2, 0) is 10.7 Å². The molecule has 9 nitrogen and oxygen atoms in total. The Labute approximate surface area is 320 Å². The van der Waals surface area contributed by atoms with Crippen molar-refractivity contribution in [3.05, 3.63) is 41.9 Å². The molecule has 9 rings (SSSR count). The number of aliphatic carboxylic acids is 1. The van der Waals surface area contributed by atoms with Crippen LogP contribution in [0.25, 0.3) is 22.3 Å². The molecular weight excluding hydrogens is 740 g/mol. The van der Waals surface area contributed by atoms with Gasteiger partial charge in [0, 0.05) is 61.3 Å². The second kappa shape index (κ2) is 13.3. The van der Waals surface area contributed by atoms with Crippen molar-refractivity contribution < 1.29 is 45.8 Å². The minimum Gasteiger partial charge on any atom is -0.490 e. The molecule has 15 heteroatoms. The number of hydrogen-bond acceptors (Lipinski definition) is 6. The number of rotatable bonds is 9. The molecule has 3 bridgehead atoms. The molecule has 5 atom stereocenters. The van der Waals surface area contributed by atoms with Gasteiger partial charge in [0.2, 0.25) is 5.92 Å². The average Bonchev–Trinajstić information content (AvgIpc) is 3.67. The summed E-state index contributed by atoms with van der Waals surface area (Å²) in [6.07, 6.45) is 8.78. The molecule has 2 N–H and O–H groups in total. The first-order valence-corrected chi connectivity index (χ1v) is 20.1. The number of aromatic nitrogens is 3.